The quantitative estimate of drug-likeness (QED) is 0.787. The van der Waals surface area contributed by atoms with Crippen LogP contribution in [0.2, 0.25) is 0 Å². The van der Waals surface area contributed by atoms with E-state index in [1.807, 2.05) is 6.07 Å². The third-order valence-electron chi connectivity index (χ3n) is 3.22. The molecule has 0 radical (unpaired) electrons. The molecule has 1 saturated carbocycles. The molecule has 17 heavy (non-hydrogen) atoms. The van der Waals surface area contributed by atoms with Gasteiger partial charge in [0, 0.05) is 21.9 Å². The van der Waals surface area contributed by atoms with Crippen molar-refractivity contribution in [1.29, 1.82) is 0 Å². The molecule has 0 amide bonds. The summed E-state index contributed by atoms with van der Waals surface area (Å²) in [5.41, 5.74) is 1.21. The standard InChI is InChI=1S/C12H12IN3O/c1-12(2)4-9(12)10-15-11(17-16-10)7-3-8(13)6-14-5-7/h3,5-6,9H,4H2,1-2H3. The van der Waals surface area contributed by atoms with Gasteiger partial charge in [0.05, 0.1) is 5.56 Å². The van der Waals surface area contributed by atoms with Crippen LogP contribution in [0.3, 0.4) is 0 Å². The van der Waals surface area contributed by atoms with Crippen LogP contribution in [0, 0.1) is 8.99 Å². The van der Waals surface area contributed by atoms with Crippen molar-refractivity contribution < 1.29 is 4.52 Å². The Hall–Kier alpha value is -0.980. The van der Waals surface area contributed by atoms with E-state index in [9.17, 15) is 0 Å². The number of halogens is 1. The van der Waals surface area contributed by atoms with Gasteiger partial charge in [-0.25, -0.2) is 0 Å². The summed E-state index contributed by atoms with van der Waals surface area (Å²) in [6.07, 6.45) is 4.68. The molecule has 2 aromatic heterocycles. The minimum absolute atomic E-state index is 0.324. The van der Waals surface area contributed by atoms with Gasteiger partial charge < -0.3 is 4.52 Å². The molecule has 0 aromatic carbocycles. The maximum atomic E-state index is 5.30. The van der Waals surface area contributed by atoms with Crippen molar-refractivity contribution in [3.63, 3.8) is 0 Å². The zero-order valence-corrected chi connectivity index (χ0v) is 11.8. The van der Waals surface area contributed by atoms with Crippen molar-refractivity contribution in [3.05, 3.63) is 27.9 Å². The van der Waals surface area contributed by atoms with Crippen molar-refractivity contribution in [2.75, 3.05) is 0 Å². The molecule has 2 aromatic rings. The van der Waals surface area contributed by atoms with Gasteiger partial charge in [0.1, 0.15) is 0 Å². The molecule has 4 nitrogen and oxygen atoms in total. The first kappa shape index (κ1) is 11.1. The van der Waals surface area contributed by atoms with E-state index in [1.54, 1.807) is 12.4 Å². The zero-order chi connectivity index (χ0) is 12.0. The van der Waals surface area contributed by atoms with Crippen molar-refractivity contribution in [2.24, 2.45) is 5.41 Å². The van der Waals surface area contributed by atoms with E-state index in [2.05, 4.69) is 51.6 Å². The summed E-state index contributed by atoms with van der Waals surface area (Å²) >= 11 is 2.22. The van der Waals surface area contributed by atoms with Crippen molar-refractivity contribution >= 4 is 22.6 Å². The van der Waals surface area contributed by atoms with Gasteiger partial charge in [-0.05, 0) is 40.5 Å². The molecule has 88 valence electrons. The third-order valence-corrected chi connectivity index (χ3v) is 3.81. The lowest BCUT2D eigenvalue weighted by Gasteiger charge is -1.96. The van der Waals surface area contributed by atoms with Crippen molar-refractivity contribution in [2.45, 2.75) is 26.2 Å². The Morgan fingerprint density at radius 1 is 1.41 bits per heavy atom. The van der Waals surface area contributed by atoms with E-state index in [4.69, 9.17) is 4.52 Å². The van der Waals surface area contributed by atoms with Crippen LogP contribution >= 0.6 is 22.6 Å². The van der Waals surface area contributed by atoms with Crippen LogP contribution in [0.5, 0.6) is 0 Å². The molecular formula is C12H12IN3O. The normalized spacial score (nSPS) is 21.5. The SMILES string of the molecule is CC1(C)CC1c1noc(-c2cncc(I)c2)n1. The molecule has 5 heteroatoms. The number of nitrogens with zero attached hydrogens (tertiary/aromatic N) is 3. The predicted octanol–water partition coefficient (Wildman–Crippen LogP) is 3.25. The fourth-order valence-electron chi connectivity index (χ4n) is 1.93. The number of hydrogen-bond donors (Lipinski definition) is 0. The van der Waals surface area contributed by atoms with Crippen LogP contribution in [-0.2, 0) is 0 Å². The molecular weight excluding hydrogens is 329 g/mol. The highest BCUT2D eigenvalue weighted by Gasteiger charge is 2.49. The maximum Gasteiger partial charge on any atom is 0.259 e. The van der Waals surface area contributed by atoms with Crippen LogP contribution in [0.15, 0.2) is 23.0 Å². The highest BCUT2D eigenvalue weighted by molar-refractivity contribution is 14.1. The van der Waals surface area contributed by atoms with Gasteiger partial charge in [0.25, 0.3) is 5.89 Å². The number of hydrogen-bond acceptors (Lipinski definition) is 4. The van der Waals surface area contributed by atoms with Crippen LogP contribution in [0.1, 0.15) is 32.0 Å². The minimum atomic E-state index is 0.324. The maximum absolute atomic E-state index is 5.30. The van der Waals surface area contributed by atoms with E-state index >= 15 is 0 Å². The summed E-state index contributed by atoms with van der Waals surface area (Å²) in [7, 11) is 0. The summed E-state index contributed by atoms with van der Waals surface area (Å²) in [6, 6.07) is 1.99. The first-order chi connectivity index (χ1) is 8.06. The summed E-state index contributed by atoms with van der Waals surface area (Å²) in [6.45, 7) is 4.45. The molecule has 1 aliphatic rings. The average molecular weight is 341 g/mol. The molecule has 3 rings (SSSR count). The van der Waals surface area contributed by atoms with Gasteiger partial charge in [0.2, 0.25) is 0 Å². The second-order valence-corrected chi connectivity index (χ2v) is 6.34. The summed E-state index contributed by atoms with van der Waals surface area (Å²) in [5.74, 6) is 1.83. The lowest BCUT2D eigenvalue weighted by Crippen LogP contribution is -1.92. The molecule has 2 heterocycles. The first-order valence-corrected chi connectivity index (χ1v) is 6.59. The van der Waals surface area contributed by atoms with E-state index in [-0.39, 0.29) is 0 Å². The summed E-state index contributed by atoms with van der Waals surface area (Å²) < 4.78 is 6.36. The zero-order valence-electron chi connectivity index (χ0n) is 9.64. The van der Waals surface area contributed by atoms with Gasteiger partial charge in [-0.3, -0.25) is 4.98 Å². The molecule has 0 saturated heterocycles. The average Bonchev–Trinajstić information content (AvgIpc) is 2.76. The van der Waals surface area contributed by atoms with E-state index in [0.29, 0.717) is 17.2 Å². The summed E-state index contributed by atoms with van der Waals surface area (Å²) in [4.78, 5) is 8.58. The van der Waals surface area contributed by atoms with Crippen molar-refractivity contribution in [3.8, 4) is 11.5 Å². The molecule has 1 fully saturated rings. The minimum Gasteiger partial charge on any atom is -0.334 e. The Morgan fingerprint density at radius 3 is 2.82 bits per heavy atom. The summed E-state index contributed by atoms with van der Waals surface area (Å²) in [5, 5.41) is 4.06. The largest absolute Gasteiger partial charge is 0.334 e. The molecule has 1 atom stereocenters. The predicted molar refractivity (Wildman–Crippen MR) is 71.4 cm³/mol. The van der Waals surface area contributed by atoms with Crippen LogP contribution < -0.4 is 0 Å². The Morgan fingerprint density at radius 2 is 2.18 bits per heavy atom. The van der Waals surface area contributed by atoms with Gasteiger partial charge in [-0.1, -0.05) is 19.0 Å². The Labute approximate surface area is 113 Å². The fraction of sp³-hybridized carbons (Fsp3) is 0.417. The lowest BCUT2D eigenvalue weighted by atomic mass is 10.1. The number of aromatic nitrogens is 3. The van der Waals surface area contributed by atoms with E-state index in [1.165, 1.54) is 0 Å². The third kappa shape index (κ3) is 2.08. The monoisotopic (exact) mass is 341 g/mol. The van der Waals surface area contributed by atoms with E-state index in [0.717, 1.165) is 21.4 Å². The first-order valence-electron chi connectivity index (χ1n) is 5.51. The molecule has 1 aliphatic carbocycles. The van der Waals surface area contributed by atoms with Gasteiger partial charge in [0.15, 0.2) is 5.82 Å². The fourth-order valence-corrected chi connectivity index (χ4v) is 2.43. The highest BCUT2D eigenvalue weighted by atomic mass is 127. The lowest BCUT2D eigenvalue weighted by molar-refractivity contribution is 0.419. The molecule has 0 bridgehead atoms. The smallest absolute Gasteiger partial charge is 0.259 e. The van der Waals surface area contributed by atoms with Crippen molar-refractivity contribution in [1.82, 2.24) is 15.1 Å². The molecule has 0 spiro atoms. The highest BCUT2D eigenvalue weighted by Crippen LogP contribution is 2.57. The van der Waals surface area contributed by atoms with Crippen LogP contribution in [-0.4, -0.2) is 15.1 Å². The molecule has 0 N–H and O–H groups in total. The Balaban J connectivity index is 1.91. The molecule has 1 unspecified atom stereocenters. The topological polar surface area (TPSA) is 51.8 Å². The Kier molecular flexibility index (Phi) is 2.46. The second-order valence-electron chi connectivity index (χ2n) is 5.09. The second kappa shape index (κ2) is 3.76. The number of rotatable bonds is 2. The number of pyridine rings is 1. The van der Waals surface area contributed by atoms with Gasteiger partial charge in [-0.2, -0.15) is 4.98 Å². The van der Waals surface area contributed by atoms with Crippen LogP contribution in [0.25, 0.3) is 11.5 Å². The van der Waals surface area contributed by atoms with Gasteiger partial charge >= 0.3 is 0 Å². The van der Waals surface area contributed by atoms with Gasteiger partial charge in [-0.15, -0.1) is 0 Å². The van der Waals surface area contributed by atoms with Crippen LogP contribution in [0.4, 0.5) is 0 Å². The van der Waals surface area contributed by atoms with E-state index < -0.39 is 0 Å². The Bertz CT molecular complexity index is 564. The molecule has 0 aliphatic heterocycles.